The van der Waals surface area contributed by atoms with Gasteiger partial charge >= 0.3 is 5.76 Å². The number of benzene rings is 2. The maximum atomic E-state index is 12.3. The highest BCUT2D eigenvalue weighted by Crippen LogP contribution is 2.28. The fourth-order valence-corrected chi connectivity index (χ4v) is 2.69. The van der Waals surface area contributed by atoms with Crippen LogP contribution in [0.15, 0.2) is 51.7 Å². The standard InChI is InChI=1S/C20H21N3O6/c1-3-10-28-16-9-8-13(11-17(16)27-2)19(25)22-21-18(24)12-23-14-6-4-5-7-15(14)29-20(23)26/h4-9,11H,3,10,12H2,1-2H3,(H,21,24)(H,22,25). The van der Waals surface area contributed by atoms with Gasteiger partial charge in [0.25, 0.3) is 11.8 Å². The predicted octanol–water partition coefficient (Wildman–Crippen LogP) is 1.85. The average Bonchev–Trinajstić information content (AvgIpc) is 3.05. The minimum absolute atomic E-state index is 0.275. The van der Waals surface area contributed by atoms with E-state index in [4.69, 9.17) is 13.9 Å². The van der Waals surface area contributed by atoms with Crippen molar-refractivity contribution in [3.63, 3.8) is 0 Å². The lowest BCUT2D eigenvalue weighted by molar-refractivity contribution is -0.122. The number of hydrazine groups is 1. The van der Waals surface area contributed by atoms with E-state index in [9.17, 15) is 14.4 Å². The number of rotatable bonds is 7. The average molecular weight is 399 g/mol. The number of oxazole rings is 1. The zero-order chi connectivity index (χ0) is 20.8. The zero-order valence-electron chi connectivity index (χ0n) is 16.1. The van der Waals surface area contributed by atoms with Crippen LogP contribution in [0.5, 0.6) is 11.5 Å². The second-order valence-electron chi connectivity index (χ2n) is 6.14. The Morgan fingerprint density at radius 1 is 1.10 bits per heavy atom. The minimum Gasteiger partial charge on any atom is -0.493 e. The maximum Gasteiger partial charge on any atom is 0.420 e. The van der Waals surface area contributed by atoms with Crippen molar-refractivity contribution in [2.75, 3.05) is 13.7 Å². The molecule has 9 heteroatoms. The SMILES string of the molecule is CCCOc1ccc(C(=O)NNC(=O)Cn2c(=O)oc3ccccc32)cc1OC. The molecular formula is C20H21N3O6. The number of carbonyl (C=O) groups excluding carboxylic acids is 2. The molecule has 1 heterocycles. The van der Waals surface area contributed by atoms with Gasteiger partial charge in [-0.2, -0.15) is 0 Å². The van der Waals surface area contributed by atoms with Crippen molar-refractivity contribution in [3.8, 4) is 11.5 Å². The van der Waals surface area contributed by atoms with E-state index >= 15 is 0 Å². The number of fused-ring (bicyclic) bond motifs is 1. The number of hydrogen-bond acceptors (Lipinski definition) is 6. The third-order valence-corrected chi connectivity index (χ3v) is 4.08. The number of methoxy groups -OCH3 is 1. The van der Waals surface area contributed by atoms with Gasteiger partial charge in [0.1, 0.15) is 6.54 Å². The van der Waals surface area contributed by atoms with E-state index in [2.05, 4.69) is 10.9 Å². The lowest BCUT2D eigenvalue weighted by Gasteiger charge is -2.12. The number of carbonyl (C=O) groups is 2. The Hall–Kier alpha value is -3.75. The molecule has 0 aliphatic carbocycles. The first kappa shape index (κ1) is 20.0. The van der Waals surface area contributed by atoms with Crippen LogP contribution in [0.25, 0.3) is 11.1 Å². The third kappa shape index (κ3) is 4.57. The number of ether oxygens (including phenoxy) is 2. The van der Waals surface area contributed by atoms with E-state index in [1.807, 2.05) is 6.92 Å². The molecule has 3 aromatic rings. The van der Waals surface area contributed by atoms with Gasteiger partial charge < -0.3 is 13.9 Å². The number of para-hydroxylation sites is 2. The van der Waals surface area contributed by atoms with Crippen molar-refractivity contribution in [2.24, 2.45) is 0 Å². The Balaban J connectivity index is 1.63. The zero-order valence-corrected chi connectivity index (χ0v) is 16.1. The fraction of sp³-hybridized carbons (Fsp3) is 0.250. The quantitative estimate of drug-likeness (QED) is 0.587. The van der Waals surface area contributed by atoms with Crippen LogP contribution in [0.4, 0.5) is 0 Å². The summed E-state index contributed by atoms with van der Waals surface area (Å²) in [5, 5.41) is 0. The summed E-state index contributed by atoms with van der Waals surface area (Å²) in [6.07, 6.45) is 0.840. The lowest BCUT2D eigenvalue weighted by atomic mass is 10.2. The highest BCUT2D eigenvalue weighted by Gasteiger charge is 2.15. The summed E-state index contributed by atoms with van der Waals surface area (Å²) in [4.78, 5) is 36.4. The molecular weight excluding hydrogens is 378 g/mol. The van der Waals surface area contributed by atoms with E-state index in [0.29, 0.717) is 29.2 Å². The first-order chi connectivity index (χ1) is 14.0. The summed E-state index contributed by atoms with van der Waals surface area (Å²) >= 11 is 0. The van der Waals surface area contributed by atoms with Gasteiger partial charge in [-0.3, -0.25) is 25.0 Å². The van der Waals surface area contributed by atoms with Crippen LogP contribution in [0.1, 0.15) is 23.7 Å². The van der Waals surface area contributed by atoms with Crippen molar-refractivity contribution >= 4 is 22.9 Å². The van der Waals surface area contributed by atoms with Crippen LogP contribution in [0.3, 0.4) is 0 Å². The van der Waals surface area contributed by atoms with Crippen molar-refractivity contribution in [1.82, 2.24) is 15.4 Å². The molecule has 152 valence electrons. The van der Waals surface area contributed by atoms with E-state index < -0.39 is 17.6 Å². The van der Waals surface area contributed by atoms with E-state index in [1.165, 1.54) is 17.7 Å². The van der Waals surface area contributed by atoms with Crippen molar-refractivity contribution in [2.45, 2.75) is 19.9 Å². The highest BCUT2D eigenvalue weighted by atomic mass is 16.5. The molecule has 9 nitrogen and oxygen atoms in total. The second kappa shape index (κ2) is 8.96. The molecule has 0 radical (unpaired) electrons. The topological polar surface area (TPSA) is 112 Å². The first-order valence-corrected chi connectivity index (χ1v) is 9.02. The Morgan fingerprint density at radius 2 is 1.90 bits per heavy atom. The molecule has 3 rings (SSSR count). The van der Waals surface area contributed by atoms with Crippen LogP contribution in [-0.2, 0) is 11.3 Å². The van der Waals surface area contributed by atoms with Crippen LogP contribution >= 0.6 is 0 Å². The summed E-state index contributed by atoms with van der Waals surface area (Å²) in [6.45, 7) is 2.21. The summed E-state index contributed by atoms with van der Waals surface area (Å²) in [5.41, 5.74) is 5.75. The largest absolute Gasteiger partial charge is 0.493 e. The van der Waals surface area contributed by atoms with Gasteiger partial charge in [-0.05, 0) is 36.8 Å². The number of aromatic nitrogens is 1. The van der Waals surface area contributed by atoms with Gasteiger partial charge in [0, 0.05) is 5.56 Å². The normalized spacial score (nSPS) is 10.6. The van der Waals surface area contributed by atoms with Gasteiger partial charge in [-0.25, -0.2) is 4.79 Å². The molecule has 1 aromatic heterocycles. The molecule has 2 amide bonds. The first-order valence-electron chi connectivity index (χ1n) is 9.02. The molecule has 2 N–H and O–H groups in total. The van der Waals surface area contributed by atoms with Crippen LogP contribution in [0, 0.1) is 0 Å². The van der Waals surface area contributed by atoms with E-state index in [0.717, 1.165) is 6.42 Å². The second-order valence-corrected chi connectivity index (χ2v) is 6.14. The maximum absolute atomic E-state index is 12.3. The predicted molar refractivity (Wildman–Crippen MR) is 105 cm³/mol. The molecule has 29 heavy (non-hydrogen) atoms. The molecule has 0 unspecified atom stereocenters. The minimum atomic E-state index is -0.653. The number of nitrogens with one attached hydrogen (secondary N) is 2. The molecule has 2 aromatic carbocycles. The molecule has 0 aliphatic heterocycles. The Kier molecular flexibility index (Phi) is 6.18. The number of amides is 2. The molecule has 0 aliphatic rings. The Morgan fingerprint density at radius 3 is 2.66 bits per heavy atom. The Bertz CT molecular complexity index is 1090. The highest BCUT2D eigenvalue weighted by molar-refractivity contribution is 5.96. The van der Waals surface area contributed by atoms with Gasteiger partial charge in [-0.1, -0.05) is 19.1 Å². The number of hydrogen-bond donors (Lipinski definition) is 2. The monoisotopic (exact) mass is 399 g/mol. The molecule has 0 spiro atoms. The van der Waals surface area contributed by atoms with Crippen LogP contribution < -0.4 is 26.1 Å². The van der Waals surface area contributed by atoms with Gasteiger partial charge in [0.05, 0.1) is 19.2 Å². The summed E-state index contributed by atoms with van der Waals surface area (Å²) in [5.74, 6) is -0.833. The van der Waals surface area contributed by atoms with E-state index in [-0.39, 0.29) is 12.1 Å². The van der Waals surface area contributed by atoms with Gasteiger partial charge in [0.2, 0.25) is 0 Å². The van der Waals surface area contributed by atoms with Crippen LogP contribution in [0.2, 0.25) is 0 Å². The summed E-state index contributed by atoms with van der Waals surface area (Å²) < 4.78 is 17.0. The summed E-state index contributed by atoms with van der Waals surface area (Å²) in [7, 11) is 1.48. The summed E-state index contributed by atoms with van der Waals surface area (Å²) in [6, 6.07) is 11.5. The van der Waals surface area contributed by atoms with Gasteiger partial charge in [-0.15, -0.1) is 0 Å². The van der Waals surface area contributed by atoms with Crippen molar-refractivity contribution < 1.29 is 23.5 Å². The smallest absolute Gasteiger partial charge is 0.420 e. The molecule has 0 atom stereocenters. The Labute approximate surface area is 166 Å². The van der Waals surface area contributed by atoms with Gasteiger partial charge in [0.15, 0.2) is 17.1 Å². The lowest BCUT2D eigenvalue weighted by Crippen LogP contribution is -2.43. The third-order valence-electron chi connectivity index (χ3n) is 4.08. The molecule has 0 saturated carbocycles. The van der Waals surface area contributed by atoms with Crippen molar-refractivity contribution in [1.29, 1.82) is 0 Å². The van der Waals surface area contributed by atoms with Crippen LogP contribution in [-0.4, -0.2) is 30.1 Å². The van der Waals surface area contributed by atoms with E-state index in [1.54, 1.807) is 36.4 Å². The molecule has 0 bridgehead atoms. The molecule has 0 saturated heterocycles. The fourth-order valence-electron chi connectivity index (χ4n) is 2.69. The number of nitrogens with zero attached hydrogens (tertiary/aromatic N) is 1. The van der Waals surface area contributed by atoms with Crippen molar-refractivity contribution in [3.05, 3.63) is 58.6 Å². The molecule has 0 fully saturated rings.